The molecule has 0 saturated carbocycles. The van der Waals surface area contributed by atoms with Crippen LogP contribution in [0.25, 0.3) is 99.4 Å². The van der Waals surface area contributed by atoms with E-state index in [1.165, 1.54) is 21.5 Å². The Morgan fingerprint density at radius 1 is 0.417 bits per heavy atom. The van der Waals surface area contributed by atoms with Gasteiger partial charge in [-0.1, -0.05) is 121 Å². The Labute approximate surface area is 274 Å². The molecule has 0 saturated heterocycles. The molecular formula is C43H25N5. The van der Waals surface area contributed by atoms with Crippen molar-refractivity contribution in [3.63, 3.8) is 0 Å². The van der Waals surface area contributed by atoms with Gasteiger partial charge in [0.05, 0.1) is 38.6 Å². The molecule has 48 heavy (non-hydrogen) atoms. The number of nitrogens with zero attached hydrogens (tertiary/aromatic N) is 5. The van der Waals surface area contributed by atoms with E-state index < -0.39 is 0 Å². The third-order valence-electron chi connectivity index (χ3n) is 9.84. The van der Waals surface area contributed by atoms with E-state index >= 15 is 0 Å². The molecule has 4 heterocycles. The van der Waals surface area contributed by atoms with Gasteiger partial charge < -0.3 is 0 Å². The van der Waals surface area contributed by atoms with E-state index in [9.17, 15) is 0 Å². The number of aromatic nitrogens is 5. The van der Waals surface area contributed by atoms with Gasteiger partial charge >= 0.3 is 0 Å². The first-order valence-corrected chi connectivity index (χ1v) is 16.2. The summed E-state index contributed by atoms with van der Waals surface area (Å²) in [6.45, 7) is 0. The maximum absolute atomic E-state index is 5.55. The Morgan fingerprint density at radius 3 is 1.94 bits per heavy atom. The van der Waals surface area contributed by atoms with Crippen molar-refractivity contribution in [3.8, 4) is 28.5 Å². The van der Waals surface area contributed by atoms with Gasteiger partial charge in [0.25, 0.3) is 0 Å². The van der Waals surface area contributed by atoms with Crippen molar-refractivity contribution < 1.29 is 0 Å². The van der Waals surface area contributed by atoms with Crippen molar-refractivity contribution in [2.24, 2.45) is 0 Å². The van der Waals surface area contributed by atoms with Crippen LogP contribution in [0.2, 0.25) is 0 Å². The topological polar surface area (TPSA) is 48.0 Å². The third kappa shape index (κ3) is 3.37. The van der Waals surface area contributed by atoms with E-state index in [0.29, 0.717) is 0 Å². The highest BCUT2D eigenvalue weighted by Crippen LogP contribution is 2.44. The zero-order valence-electron chi connectivity index (χ0n) is 25.7. The molecule has 222 valence electrons. The van der Waals surface area contributed by atoms with Gasteiger partial charge in [-0.25, -0.2) is 15.0 Å². The molecule has 0 atom stereocenters. The molecule has 0 radical (unpaired) electrons. The lowest BCUT2D eigenvalue weighted by atomic mass is 10.1. The van der Waals surface area contributed by atoms with Crippen molar-refractivity contribution in [1.29, 1.82) is 0 Å². The average molecular weight is 612 g/mol. The highest BCUT2D eigenvalue weighted by atomic mass is 15.1. The second-order valence-corrected chi connectivity index (χ2v) is 12.4. The minimum absolute atomic E-state index is 0.810. The molecule has 7 aromatic carbocycles. The Hall–Kier alpha value is -6.59. The van der Waals surface area contributed by atoms with E-state index in [1.54, 1.807) is 0 Å². The molecule has 0 aliphatic carbocycles. The maximum Gasteiger partial charge on any atom is 0.165 e. The highest BCUT2D eigenvalue weighted by Gasteiger charge is 2.26. The Morgan fingerprint density at radius 2 is 1.08 bits per heavy atom. The SMILES string of the molecule is c1ccc(-c2nc3ccc4ccccc4c3nc2-n2c3cccc4c5ccccc5n5c(-c6ccccc6)nc6ccc2c(c43)c65)cc1. The number of hydrogen-bond acceptors (Lipinski definition) is 3. The first kappa shape index (κ1) is 25.6. The van der Waals surface area contributed by atoms with Gasteiger partial charge in [-0.3, -0.25) is 8.97 Å². The van der Waals surface area contributed by atoms with Gasteiger partial charge in [-0.2, -0.15) is 0 Å². The molecule has 11 aromatic rings. The molecule has 0 fully saturated rings. The van der Waals surface area contributed by atoms with Crippen LogP contribution < -0.4 is 0 Å². The molecule has 0 aliphatic rings. The van der Waals surface area contributed by atoms with Gasteiger partial charge in [0, 0.05) is 32.7 Å². The van der Waals surface area contributed by atoms with Crippen LogP contribution in [0.1, 0.15) is 0 Å². The number of para-hydroxylation sites is 1. The molecule has 5 nitrogen and oxygen atoms in total. The fourth-order valence-electron chi connectivity index (χ4n) is 7.80. The molecule has 0 unspecified atom stereocenters. The molecular weight excluding hydrogens is 587 g/mol. The molecule has 0 bridgehead atoms. The first-order valence-electron chi connectivity index (χ1n) is 16.2. The molecule has 0 aliphatic heterocycles. The number of benzene rings is 7. The lowest BCUT2D eigenvalue weighted by Crippen LogP contribution is -2.04. The van der Waals surface area contributed by atoms with Crippen LogP contribution in [0.4, 0.5) is 0 Å². The van der Waals surface area contributed by atoms with Crippen molar-refractivity contribution in [2.45, 2.75) is 0 Å². The number of imidazole rings is 1. The second kappa shape index (κ2) is 9.47. The molecule has 4 aromatic heterocycles. The van der Waals surface area contributed by atoms with E-state index in [2.05, 4.69) is 155 Å². The molecule has 0 spiro atoms. The summed E-state index contributed by atoms with van der Waals surface area (Å²) in [5, 5.41) is 6.97. The van der Waals surface area contributed by atoms with Crippen molar-refractivity contribution in [2.75, 3.05) is 0 Å². The van der Waals surface area contributed by atoms with E-state index in [-0.39, 0.29) is 0 Å². The summed E-state index contributed by atoms with van der Waals surface area (Å²) in [5.74, 6) is 1.74. The van der Waals surface area contributed by atoms with Crippen LogP contribution >= 0.6 is 0 Å². The molecule has 0 amide bonds. The first-order chi connectivity index (χ1) is 23.8. The summed E-state index contributed by atoms with van der Waals surface area (Å²) in [6, 6.07) is 53.3. The summed E-state index contributed by atoms with van der Waals surface area (Å²) in [5.41, 5.74) is 10.1. The van der Waals surface area contributed by atoms with Crippen LogP contribution in [-0.2, 0) is 0 Å². The van der Waals surface area contributed by atoms with Crippen LogP contribution in [0, 0.1) is 0 Å². The van der Waals surface area contributed by atoms with Crippen LogP contribution in [0.5, 0.6) is 0 Å². The van der Waals surface area contributed by atoms with Crippen LogP contribution in [0.3, 0.4) is 0 Å². The Balaban J connectivity index is 1.38. The van der Waals surface area contributed by atoms with E-state index in [1.807, 2.05) is 6.07 Å². The Bertz CT molecular complexity index is 3050. The monoisotopic (exact) mass is 611 g/mol. The number of hydrogen-bond donors (Lipinski definition) is 0. The van der Waals surface area contributed by atoms with E-state index in [4.69, 9.17) is 15.0 Å². The van der Waals surface area contributed by atoms with Crippen LogP contribution in [-0.4, -0.2) is 23.9 Å². The highest BCUT2D eigenvalue weighted by molar-refractivity contribution is 6.30. The van der Waals surface area contributed by atoms with Crippen molar-refractivity contribution >= 4 is 70.9 Å². The maximum atomic E-state index is 5.55. The molecule has 0 N–H and O–H groups in total. The van der Waals surface area contributed by atoms with Gasteiger partial charge in [0.15, 0.2) is 5.82 Å². The van der Waals surface area contributed by atoms with Crippen LogP contribution in [0.15, 0.2) is 152 Å². The van der Waals surface area contributed by atoms with E-state index in [0.717, 1.165) is 77.9 Å². The lowest BCUT2D eigenvalue weighted by molar-refractivity contribution is 1.08. The smallest absolute Gasteiger partial charge is 0.165 e. The standard InChI is InChI=1S/C43H25N5/c1-3-13-27(14-4-1)39-43(46-40-29-17-8-7-12-26(29)22-23-32(40)44-39)47-35-21-11-19-31-30-18-9-10-20-34(30)48-41-33(24-25-36(47)38(41)37(31)35)45-42(48)28-15-5-2-6-16-28/h1-25H. The largest absolute Gasteiger partial charge is 0.292 e. The molecule has 5 heteroatoms. The predicted octanol–water partition coefficient (Wildman–Crippen LogP) is 10.6. The van der Waals surface area contributed by atoms with Gasteiger partial charge in [0.1, 0.15) is 11.5 Å². The zero-order chi connectivity index (χ0) is 31.3. The summed E-state index contributed by atoms with van der Waals surface area (Å²) in [4.78, 5) is 16.2. The zero-order valence-corrected chi connectivity index (χ0v) is 25.7. The fraction of sp³-hybridized carbons (Fsp3) is 0. The molecule has 11 rings (SSSR count). The predicted molar refractivity (Wildman–Crippen MR) is 197 cm³/mol. The van der Waals surface area contributed by atoms with Gasteiger partial charge in [0.2, 0.25) is 0 Å². The van der Waals surface area contributed by atoms with Gasteiger partial charge in [-0.15, -0.1) is 0 Å². The number of fused-ring (bicyclic) bond motifs is 6. The minimum atomic E-state index is 0.810. The van der Waals surface area contributed by atoms with Crippen molar-refractivity contribution in [3.05, 3.63) is 152 Å². The van der Waals surface area contributed by atoms with Crippen molar-refractivity contribution in [1.82, 2.24) is 23.9 Å². The quantitative estimate of drug-likeness (QED) is 0.187. The fourth-order valence-corrected chi connectivity index (χ4v) is 7.80. The number of rotatable bonds is 3. The van der Waals surface area contributed by atoms with Gasteiger partial charge in [-0.05, 0) is 41.1 Å². The summed E-state index contributed by atoms with van der Waals surface area (Å²) < 4.78 is 4.70. The lowest BCUT2D eigenvalue weighted by Gasteiger charge is -2.15. The summed E-state index contributed by atoms with van der Waals surface area (Å²) >= 11 is 0. The average Bonchev–Trinajstić information content (AvgIpc) is 3.67. The third-order valence-corrected chi connectivity index (χ3v) is 9.84. The second-order valence-electron chi connectivity index (χ2n) is 12.4. The summed E-state index contributed by atoms with van der Waals surface area (Å²) in [6.07, 6.45) is 0. The summed E-state index contributed by atoms with van der Waals surface area (Å²) in [7, 11) is 0. The minimum Gasteiger partial charge on any atom is -0.292 e. The Kier molecular flexibility index (Phi) is 5.05. The normalized spacial score (nSPS) is 12.2.